The number of carboxylic acid groups (broad SMARTS) is 2. The summed E-state index contributed by atoms with van der Waals surface area (Å²) < 4.78 is 166. The smallest absolute Gasteiger partial charge is 0.433 e. The zero-order valence-electron chi connectivity index (χ0n) is 60.0. The molecule has 0 saturated carbocycles. The van der Waals surface area contributed by atoms with Gasteiger partial charge >= 0.3 is 42.6 Å². The van der Waals surface area contributed by atoms with Crippen molar-refractivity contribution in [3.05, 3.63) is 226 Å². The van der Waals surface area contributed by atoms with E-state index in [9.17, 15) is 77.0 Å². The number of aromatic nitrogens is 12. The van der Waals surface area contributed by atoms with Crippen molar-refractivity contribution in [2.24, 2.45) is 21.1 Å². The van der Waals surface area contributed by atoms with Gasteiger partial charge in [0, 0.05) is 151 Å². The lowest BCUT2D eigenvalue weighted by atomic mass is 10.1. The van der Waals surface area contributed by atoms with Crippen molar-refractivity contribution in [3.63, 3.8) is 0 Å². The third-order valence-corrected chi connectivity index (χ3v) is 21.5. The van der Waals surface area contributed by atoms with Crippen molar-refractivity contribution in [3.8, 4) is 0 Å². The standard InChI is InChI=1S/C22H21Cl2F3N4O2.C18H14Cl2F3N3O2.C17H12Cl2F3N3O2.C16H10Cl2F3N3O2/c1-11-7-17(22(25,26)27)29-20-14(11)8-12(30(20)2)9-15-18(23)16(10-28-19(15)24)21(33)31-5-3-13(32)4-6-31;1-8-4-13(18(21,22)23)25-16-10(8)5-9(26(16)2)6-11-14(19)12(17(27)28-3)7-24-15(11)20;1-7-3-12(17(20,21)22)24-15-9(7)4-8(25(15)2)5-10-13(18)11(16(26)27)6-23-14(10)19;1-6-2-11(16(19,20)21)24-14-8(6)3-7(23-14)4-9-12(17)10(15(25)26)5-22-13(9)18/h7-8,10,13,32H,3-6,9H2,1-2H3;4-5,7H,6H2,1-3H3;3-4,6H,5H2,1-2H3,(H,26,27);2-3,5H,4H2,1H3,(H,23,24)(H,25,26). The molecule has 12 aromatic rings. The zero-order chi connectivity index (χ0) is 84.2. The molecule has 1 aliphatic heterocycles. The molecule has 1 saturated heterocycles. The van der Waals surface area contributed by atoms with Crippen LogP contribution in [-0.2, 0) is 76.3 Å². The van der Waals surface area contributed by atoms with Gasteiger partial charge in [0.05, 0.1) is 55.6 Å². The summed E-state index contributed by atoms with van der Waals surface area (Å²) in [7, 11) is 6.00. The maximum absolute atomic E-state index is 13.2. The molecule has 21 nitrogen and oxygen atoms in total. The third kappa shape index (κ3) is 18.6. The van der Waals surface area contributed by atoms with Gasteiger partial charge in [-0.3, -0.25) is 4.79 Å². The Labute approximate surface area is 676 Å². The molecule has 41 heteroatoms. The Hall–Kier alpha value is -9.32. The van der Waals surface area contributed by atoms with Gasteiger partial charge in [-0.05, 0) is 111 Å². The van der Waals surface area contributed by atoms with E-state index in [0.717, 1.165) is 36.7 Å². The Bertz CT molecular complexity index is 5840. The molecule has 1 fully saturated rings. The lowest BCUT2D eigenvalue weighted by Crippen LogP contribution is -2.40. The van der Waals surface area contributed by atoms with Gasteiger partial charge in [-0.25, -0.2) is 54.3 Å². The van der Waals surface area contributed by atoms with E-state index in [1.807, 2.05) is 0 Å². The lowest BCUT2D eigenvalue weighted by molar-refractivity contribution is -0.141. The van der Waals surface area contributed by atoms with Crippen LogP contribution in [0.3, 0.4) is 0 Å². The van der Waals surface area contributed by atoms with Crippen LogP contribution in [0.2, 0.25) is 40.7 Å². The number of aromatic amines is 1. The van der Waals surface area contributed by atoms with E-state index in [4.69, 9.17) is 103 Å². The Morgan fingerprint density at radius 3 is 1.08 bits per heavy atom. The monoisotopic (exact) mass is 1750 g/mol. The molecule has 0 aliphatic carbocycles. The SMILES string of the molecule is COC(=O)c1cnc(Cl)c(Cc2cc3c(C)cc(C(F)(F)F)nc3n2C)c1Cl.Cc1cc(C(F)(F)F)nc2[nH]c(Cc3c(Cl)ncc(C(=O)O)c3Cl)cc12.Cc1cc(C(F)(F)F)nc2c1cc(Cc1c(Cl)ncc(C(=O)N3CCC(O)CC3)c1Cl)n2C.Cc1cc(C(F)(F)F)nc2c1cc(Cc1c(Cl)ncc(C(=O)O)c1Cl)n2C. The van der Waals surface area contributed by atoms with Crippen LogP contribution in [0.15, 0.2) is 73.3 Å². The Balaban J connectivity index is 0.000000162. The number of H-pyrrole nitrogens is 1. The van der Waals surface area contributed by atoms with E-state index in [0.29, 0.717) is 104 Å². The molecular formula is C73H57Cl8F12N13O8. The van der Waals surface area contributed by atoms with Crippen LogP contribution >= 0.6 is 92.8 Å². The minimum atomic E-state index is -4.56. The first kappa shape index (κ1) is 87.1. The fourth-order valence-corrected chi connectivity index (χ4v) is 14.5. The van der Waals surface area contributed by atoms with Crippen molar-refractivity contribution < 1.29 is 91.9 Å². The van der Waals surface area contributed by atoms with Gasteiger partial charge in [0.25, 0.3) is 5.91 Å². The van der Waals surface area contributed by atoms with E-state index < -0.39 is 71.5 Å². The maximum atomic E-state index is 13.2. The second kappa shape index (κ2) is 33.9. The number of hydrogen-bond donors (Lipinski definition) is 4. The van der Waals surface area contributed by atoms with Crippen LogP contribution in [0, 0.1) is 27.7 Å². The van der Waals surface area contributed by atoms with Crippen LogP contribution in [0.25, 0.3) is 44.1 Å². The van der Waals surface area contributed by atoms with E-state index in [1.165, 1.54) is 28.6 Å². The normalized spacial score (nSPS) is 12.9. The summed E-state index contributed by atoms with van der Waals surface area (Å²) in [5.74, 6) is -3.49. The summed E-state index contributed by atoms with van der Waals surface area (Å²) in [4.78, 5) is 82.2. The number of methoxy groups -OCH3 is 1. The second-order valence-electron chi connectivity index (χ2n) is 26.0. The number of likely N-dealkylation sites (tertiary alicyclic amines) is 1. The molecule has 0 spiro atoms. The fraction of sp³-hybridized carbons (Fsp3) is 0.288. The number of aryl methyl sites for hydroxylation is 7. The van der Waals surface area contributed by atoms with Crippen molar-refractivity contribution in [2.45, 2.75) is 97.0 Å². The molecule has 1 aliphatic rings. The molecule has 4 N–H and O–H groups in total. The summed E-state index contributed by atoms with van der Waals surface area (Å²) in [6.07, 6.45) is -12.6. The van der Waals surface area contributed by atoms with Gasteiger partial charge in [0.2, 0.25) is 0 Å². The molecule has 0 bridgehead atoms. The number of hydrogen-bond acceptors (Lipinski definition) is 14. The number of carboxylic acids is 2. The number of nitrogens with zero attached hydrogens (tertiary/aromatic N) is 12. The molecule has 0 aromatic carbocycles. The number of amides is 1. The number of halogens is 20. The number of carbonyl (C=O) groups is 4. The first-order chi connectivity index (χ1) is 53.1. The number of piperidine rings is 1. The molecule has 1 amide bonds. The molecule has 0 atom stereocenters. The van der Waals surface area contributed by atoms with Crippen LogP contribution < -0.4 is 0 Å². The van der Waals surface area contributed by atoms with Crippen molar-refractivity contribution >= 4 is 161 Å². The van der Waals surface area contributed by atoms with E-state index in [1.54, 1.807) is 82.6 Å². The zero-order valence-corrected chi connectivity index (χ0v) is 66.0. The molecule has 602 valence electrons. The number of nitrogens with one attached hydrogen (secondary N) is 1. The van der Waals surface area contributed by atoms with Crippen molar-refractivity contribution in [1.82, 2.24) is 63.5 Å². The number of esters is 1. The van der Waals surface area contributed by atoms with Gasteiger partial charge in [-0.15, -0.1) is 0 Å². The fourth-order valence-electron chi connectivity index (χ4n) is 12.3. The second-order valence-corrected chi connectivity index (χ2v) is 28.9. The number of aliphatic hydroxyl groups is 1. The first-order valence-electron chi connectivity index (χ1n) is 33.1. The number of ether oxygens (including phenoxy) is 1. The van der Waals surface area contributed by atoms with Crippen LogP contribution in [0.5, 0.6) is 0 Å². The van der Waals surface area contributed by atoms with Gasteiger partial charge in [-0.1, -0.05) is 92.8 Å². The minimum Gasteiger partial charge on any atom is -0.478 e. The van der Waals surface area contributed by atoms with Gasteiger partial charge < -0.3 is 43.6 Å². The predicted octanol–water partition coefficient (Wildman–Crippen LogP) is 19.5. The topological polar surface area (TPSA) is 275 Å². The highest BCUT2D eigenvalue weighted by Crippen LogP contribution is 2.41. The number of carbonyl (C=O) groups excluding carboxylic acids is 2. The van der Waals surface area contributed by atoms with Gasteiger partial charge in [0.1, 0.15) is 66.0 Å². The number of rotatable bonds is 12. The van der Waals surface area contributed by atoms with Crippen LogP contribution in [0.1, 0.15) is 144 Å². The van der Waals surface area contributed by atoms with E-state index in [-0.39, 0.29) is 128 Å². The molecule has 12 aromatic heterocycles. The summed E-state index contributed by atoms with van der Waals surface area (Å²) >= 11 is 49.6. The van der Waals surface area contributed by atoms with Crippen LogP contribution in [0.4, 0.5) is 52.7 Å². The molecule has 13 heterocycles. The quantitative estimate of drug-likeness (QED) is 0.0503. The average Bonchev–Trinajstić information content (AvgIpc) is 1.64. The minimum absolute atomic E-state index is 0.0133. The number of aromatic carboxylic acids is 2. The van der Waals surface area contributed by atoms with Crippen LogP contribution in [-0.4, -0.2) is 129 Å². The van der Waals surface area contributed by atoms with Crippen molar-refractivity contribution in [2.75, 3.05) is 20.2 Å². The van der Waals surface area contributed by atoms with E-state index >= 15 is 0 Å². The molecule has 0 unspecified atom stereocenters. The molecular weight excluding hydrogens is 1700 g/mol. The number of aliphatic hydroxyl groups excluding tert-OH is 1. The Kier molecular flexibility index (Phi) is 25.9. The largest absolute Gasteiger partial charge is 0.478 e. The summed E-state index contributed by atoms with van der Waals surface area (Å²) in [5, 5.41) is 30.5. The van der Waals surface area contributed by atoms with Gasteiger partial charge in [0.15, 0.2) is 0 Å². The number of fused-ring (bicyclic) bond motifs is 4. The third-order valence-electron chi connectivity index (χ3n) is 18.5. The lowest BCUT2D eigenvalue weighted by Gasteiger charge is -2.30. The molecule has 0 radical (unpaired) electrons. The maximum Gasteiger partial charge on any atom is 0.433 e. The summed E-state index contributed by atoms with van der Waals surface area (Å²) in [6.45, 7) is 7.11. The summed E-state index contributed by atoms with van der Waals surface area (Å²) in [5.41, 5.74) is 1.82. The Morgan fingerprint density at radius 2 is 0.746 bits per heavy atom. The predicted molar refractivity (Wildman–Crippen MR) is 402 cm³/mol. The molecule has 114 heavy (non-hydrogen) atoms. The Morgan fingerprint density at radius 1 is 0.447 bits per heavy atom. The van der Waals surface area contributed by atoms with Crippen molar-refractivity contribution in [1.29, 1.82) is 0 Å². The number of pyridine rings is 8. The molecule has 13 rings (SSSR count). The highest BCUT2D eigenvalue weighted by Gasteiger charge is 2.38. The highest BCUT2D eigenvalue weighted by molar-refractivity contribution is 6.39. The average molecular weight is 1760 g/mol. The highest BCUT2D eigenvalue weighted by atomic mass is 35.5. The van der Waals surface area contributed by atoms with Gasteiger partial charge in [-0.2, -0.15) is 52.7 Å². The van der Waals surface area contributed by atoms with E-state index in [2.05, 4.69) is 49.6 Å². The number of alkyl halides is 12. The summed E-state index contributed by atoms with van der Waals surface area (Å²) in [6, 6.07) is 10.7. The first-order valence-corrected chi connectivity index (χ1v) is 36.1.